The van der Waals surface area contributed by atoms with Crippen LogP contribution in [0.2, 0.25) is 0 Å². The molecular formula is C16H21NOS. The lowest BCUT2D eigenvalue weighted by atomic mass is 9.88. The summed E-state index contributed by atoms with van der Waals surface area (Å²) in [5.41, 5.74) is 2.30. The molecule has 0 fully saturated rings. The van der Waals surface area contributed by atoms with Gasteiger partial charge in [-0.25, -0.2) is 0 Å². The highest BCUT2D eigenvalue weighted by Crippen LogP contribution is 2.32. The van der Waals surface area contributed by atoms with Gasteiger partial charge >= 0.3 is 0 Å². The number of para-hydroxylation sites is 1. The highest BCUT2D eigenvalue weighted by Gasteiger charge is 2.21. The molecule has 0 bridgehead atoms. The van der Waals surface area contributed by atoms with E-state index in [1.165, 1.54) is 10.4 Å². The smallest absolute Gasteiger partial charge is 0.0501 e. The first-order chi connectivity index (χ1) is 9.18. The Hall–Kier alpha value is -1.32. The van der Waals surface area contributed by atoms with E-state index in [-0.39, 0.29) is 12.0 Å². The monoisotopic (exact) mass is 275 g/mol. The maximum Gasteiger partial charge on any atom is 0.0501 e. The Kier molecular flexibility index (Phi) is 4.61. The molecule has 1 heterocycles. The third kappa shape index (κ3) is 3.37. The van der Waals surface area contributed by atoms with E-state index in [4.69, 9.17) is 0 Å². The van der Waals surface area contributed by atoms with Crippen LogP contribution in [0.4, 0.5) is 5.69 Å². The number of nitrogens with one attached hydrogen (secondary N) is 1. The molecule has 0 aliphatic rings. The molecule has 2 N–H and O–H groups in total. The largest absolute Gasteiger partial charge is 0.396 e. The first kappa shape index (κ1) is 14.1. The van der Waals surface area contributed by atoms with Crippen LogP contribution in [-0.2, 0) is 0 Å². The van der Waals surface area contributed by atoms with Gasteiger partial charge in [-0.3, -0.25) is 0 Å². The van der Waals surface area contributed by atoms with Crippen LogP contribution in [0.25, 0.3) is 10.4 Å². The van der Waals surface area contributed by atoms with Gasteiger partial charge in [0, 0.05) is 28.1 Å². The van der Waals surface area contributed by atoms with Crippen LogP contribution in [-0.4, -0.2) is 18.3 Å². The average Bonchev–Trinajstić information content (AvgIpc) is 2.99. The van der Waals surface area contributed by atoms with Crippen molar-refractivity contribution < 1.29 is 5.11 Å². The fourth-order valence-corrected chi connectivity index (χ4v) is 2.65. The second kappa shape index (κ2) is 6.22. The first-order valence-electron chi connectivity index (χ1n) is 6.66. The van der Waals surface area contributed by atoms with Crippen LogP contribution < -0.4 is 5.32 Å². The van der Waals surface area contributed by atoms with Crippen molar-refractivity contribution in [3.05, 3.63) is 41.8 Å². The van der Waals surface area contributed by atoms with Gasteiger partial charge in [-0.1, -0.05) is 38.1 Å². The van der Waals surface area contributed by atoms with Crippen molar-refractivity contribution in [1.82, 2.24) is 0 Å². The van der Waals surface area contributed by atoms with Gasteiger partial charge in [-0.05, 0) is 23.9 Å². The van der Waals surface area contributed by atoms with E-state index in [9.17, 15) is 5.11 Å². The summed E-state index contributed by atoms with van der Waals surface area (Å²) in [6.45, 7) is 5.21. The number of rotatable bonds is 6. The zero-order valence-electron chi connectivity index (χ0n) is 11.5. The van der Waals surface area contributed by atoms with Crippen molar-refractivity contribution in [2.45, 2.75) is 20.3 Å². The highest BCUT2D eigenvalue weighted by atomic mass is 32.1. The van der Waals surface area contributed by atoms with E-state index in [0.29, 0.717) is 0 Å². The number of benzene rings is 1. The van der Waals surface area contributed by atoms with E-state index in [1.807, 2.05) is 6.07 Å². The molecule has 0 aliphatic heterocycles. The van der Waals surface area contributed by atoms with Crippen LogP contribution in [0.1, 0.15) is 20.3 Å². The van der Waals surface area contributed by atoms with E-state index in [2.05, 4.69) is 54.9 Å². The predicted octanol–water partition coefficient (Wildman–Crippen LogP) is 4.24. The fourth-order valence-electron chi connectivity index (χ4n) is 1.89. The van der Waals surface area contributed by atoms with Crippen molar-refractivity contribution in [2.24, 2.45) is 5.41 Å². The molecule has 0 saturated heterocycles. The normalized spacial score (nSPS) is 14.1. The topological polar surface area (TPSA) is 32.3 Å². The lowest BCUT2D eigenvalue weighted by molar-refractivity contribution is 0.149. The third-order valence-corrected chi connectivity index (χ3v) is 4.56. The van der Waals surface area contributed by atoms with Gasteiger partial charge in [-0.2, -0.15) is 0 Å². The number of aliphatic hydroxyl groups excluding tert-OH is 1. The van der Waals surface area contributed by atoms with Crippen LogP contribution in [0.5, 0.6) is 0 Å². The Morgan fingerprint density at radius 3 is 2.63 bits per heavy atom. The van der Waals surface area contributed by atoms with Crippen molar-refractivity contribution in [3.8, 4) is 10.4 Å². The molecule has 1 aromatic heterocycles. The number of hydrogen-bond donors (Lipinski definition) is 2. The Morgan fingerprint density at radius 2 is 2.00 bits per heavy atom. The lowest BCUT2D eigenvalue weighted by Gasteiger charge is -2.27. The summed E-state index contributed by atoms with van der Waals surface area (Å²) in [6, 6.07) is 12.5. The quantitative estimate of drug-likeness (QED) is 0.826. The summed E-state index contributed by atoms with van der Waals surface area (Å²) in [5, 5.41) is 15.1. The summed E-state index contributed by atoms with van der Waals surface area (Å²) in [6.07, 6.45) is 0.956. The summed E-state index contributed by atoms with van der Waals surface area (Å²) < 4.78 is 0. The fraction of sp³-hybridized carbons (Fsp3) is 0.375. The average molecular weight is 275 g/mol. The first-order valence-corrected chi connectivity index (χ1v) is 7.54. The number of hydrogen-bond acceptors (Lipinski definition) is 3. The minimum Gasteiger partial charge on any atom is -0.396 e. The van der Waals surface area contributed by atoms with Gasteiger partial charge in [0.15, 0.2) is 0 Å². The van der Waals surface area contributed by atoms with Gasteiger partial charge in [0.2, 0.25) is 0 Å². The van der Waals surface area contributed by atoms with Crippen LogP contribution >= 0.6 is 11.3 Å². The Balaban J connectivity index is 2.17. The molecule has 2 nitrogen and oxygen atoms in total. The summed E-state index contributed by atoms with van der Waals surface area (Å²) in [4.78, 5) is 1.27. The van der Waals surface area contributed by atoms with E-state index >= 15 is 0 Å². The minimum atomic E-state index is -0.0669. The van der Waals surface area contributed by atoms with Crippen molar-refractivity contribution in [2.75, 3.05) is 18.5 Å². The summed E-state index contributed by atoms with van der Waals surface area (Å²) >= 11 is 1.75. The second-order valence-electron chi connectivity index (χ2n) is 5.20. The second-order valence-corrected chi connectivity index (χ2v) is 6.15. The Morgan fingerprint density at radius 1 is 1.21 bits per heavy atom. The molecule has 0 radical (unpaired) electrons. The minimum absolute atomic E-state index is 0.0669. The molecule has 2 aromatic rings. The summed E-state index contributed by atoms with van der Waals surface area (Å²) in [5.74, 6) is 0. The van der Waals surface area contributed by atoms with Crippen LogP contribution in [0.3, 0.4) is 0 Å². The number of thiophene rings is 1. The molecule has 0 amide bonds. The molecule has 1 unspecified atom stereocenters. The van der Waals surface area contributed by atoms with Gasteiger partial charge in [-0.15, -0.1) is 11.3 Å². The zero-order chi connectivity index (χ0) is 13.7. The maximum atomic E-state index is 9.48. The molecule has 0 aliphatic carbocycles. The zero-order valence-corrected chi connectivity index (χ0v) is 12.3. The molecule has 1 atom stereocenters. The molecule has 19 heavy (non-hydrogen) atoms. The van der Waals surface area contributed by atoms with Crippen molar-refractivity contribution in [1.29, 1.82) is 0 Å². The standard InChI is InChI=1S/C16H21NOS/c1-3-16(2,12-18)11-17-14-8-5-4-7-13(14)15-9-6-10-19-15/h4-10,17-18H,3,11-12H2,1-2H3. The molecule has 0 saturated carbocycles. The van der Waals surface area contributed by atoms with Crippen LogP contribution in [0.15, 0.2) is 41.8 Å². The van der Waals surface area contributed by atoms with E-state index in [0.717, 1.165) is 18.7 Å². The Bertz CT molecular complexity index is 503. The summed E-state index contributed by atoms with van der Waals surface area (Å²) in [7, 11) is 0. The van der Waals surface area contributed by atoms with Gasteiger partial charge in [0.1, 0.15) is 0 Å². The third-order valence-electron chi connectivity index (χ3n) is 3.65. The van der Waals surface area contributed by atoms with Gasteiger partial charge in [0.25, 0.3) is 0 Å². The van der Waals surface area contributed by atoms with E-state index in [1.54, 1.807) is 11.3 Å². The predicted molar refractivity (Wildman–Crippen MR) is 83.7 cm³/mol. The maximum absolute atomic E-state index is 9.48. The van der Waals surface area contributed by atoms with Crippen molar-refractivity contribution >= 4 is 17.0 Å². The molecule has 3 heteroatoms. The van der Waals surface area contributed by atoms with Gasteiger partial charge in [0.05, 0.1) is 6.61 Å². The molecule has 1 aromatic carbocycles. The SMILES string of the molecule is CCC(C)(CO)CNc1ccccc1-c1cccs1. The number of aliphatic hydroxyl groups is 1. The molecule has 0 spiro atoms. The van der Waals surface area contributed by atoms with Crippen molar-refractivity contribution in [3.63, 3.8) is 0 Å². The highest BCUT2D eigenvalue weighted by molar-refractivity contribution is 7.13. The van der Waals surface area contributed by atoms with E-state index < -0.39 is 0 Å². The van der Waals surface area contributed by atoms with Gasteiger partial charge < -0.3 is 10.4 Å². The Labute approximate surface area is 119 Å². The molecule has 102 valence electrons. The van der Waals surface area contributed by atoms with Crippen LogP contribution in [0, 0.1) is 5.41 Å². The number of anilines is 1. The lowest BCUT2D eigenvalue weighted by Crippen LogP contribution is -2.29. The molecular weight excluding hydrogens is 254 g/mol. The molecule has 2 rings (SSSR count).